The number of nitrogens with two attached hydrogens (primary N) is 1. The third kappa shape index (κ3) is 1.94. The van der Waals surface area contributed by atoms with E-state index in [1.165, 1.54) is 16.3 Å². The molecule has 0 radical (unpaired) electrons. The van der Waals surface area contributed by atoms with Crippen LogP contribution in [-0.4, -0.2) is 0 Å². The minimum atomic E-state index is 0.0599. The Kier molecular flexibility index (Phi) is 2.70. The molecule has 2 N–H and O–H groups in total. The van der Waals surface area contributed by atoms with Gasteiger partial charge in [0.25, 0.3) is 0 Å². The molecule has 0 heterocycles. The zero-order valence-corrected chi connectivity index (χ0v) is 11.4. The van der Waals surface area contributed by atoms with Gasteiger partial charge in [0.1, 0.15) is 0 Å². The quantitative estimate of drug-likeness (QED) is 0.706. The monoisotopic (exact) mass is 277 g/mol. The van der Waals surface area contributed by atoms with Crippen molar-refractivity contribution in [1.82, 2.24) is 0 Å². The van der Waals surface area contributed by atoms with Crippen LogP contribution in [0.4, 0.5) is 5.69 Å². The summed E-state index contributed by atoms with van der Waals surface area (Å²) < 4.78 is 1.09. The van der Waals surface area contributed by atoms with Gasteiger partial charge in [0.05, 0.1) is 0 Å². The lowest BCUT2D eigenvalue weighted by atomic mass is 9.82. The van der Waals surface area contributed by atoms with Gasteiger partial charge in [-0.2, -0.15) is 0 Å². The van der Waals surface area contributed by atoms with Crippen molar-refractivity contribution >= 4 is 32.4 Å². The van der Waals surface area contributed by atoms with Crippen LogP contribution in [0, 0.1) is 0 Å². The fourth-order valence-corrected chi connectivity index (χ4v) is 2.51. The lowest BCUT2D eigenvalue weighted by Gasteiger charge is -2.23. The molecule has 0 unspecified atom stereocenters. The minimum absolute atomic E-state index is 0.0599. The number of hydrogen-bond donors (Lipinski definition) is 1. The smallest absolute Gasteiger partial charge is 0.0358 e. The number of hydrogen-bond acceptors (Lipinski definition) is 1. The second-order valence-corrected chi connectivity index (χ2v) is 6.06. The minimum Gasteiger partial charge on any atom is -0.398 e. The highest BCUT2D eigenvalue weighted by atomic mass is 79.9. The van der Waals surface area contributed by atoms with Crippen LogP contribution in [-0.2, 0) is 5.41 Å². The fourth-order valence-electron chi connectivity index (χ4n) is 2.15. The molecule has 0 fully saturated rings. The van der Waals surface area contributed by atoms with Crippen LogP contribution < -0.4 is 5.73 Å². The number of halogens is 1. The van der Waals surface area contributed by atoms with Crippen LogP contribution in [0.5, 0.6) is 0 Å². The Bertz CT molecular complexity index is 533. The summed E-state index contributed by atoms with van der Waals surface area (Å²) in [5.41, 5.74) is 8.27. The normalized spacial score (nSPS) is 12.0. The van der Waals surface area contributed by atoms with Gasteiger partial charge in [0, 0.05) is 10.2 Å². The van der Waals surface area contributed by atoms with Gasteiger partial charge in [-0.05, 0) is 39.9 Å². The first-order valence-electron chi connectivity index (χ1n) is 5.38. The number of benzene rings is 2. The summed E-state index contributed by atoms with van der Waals surface area (Å²) in [6.07, 6.45) is 0. The van der Waals surface area contributed by atoms with Crippen molar-refractivity contribution in [3.63, 3.8) is 0 Å². The number of nitrogen functional groups attached to an aromatic ring is 1. The predicted octanol–water partition coefficient (Wildman–Crippen LogP) is 4.48. The zero-order valence-electron chi connectivity index (χ0n) is 9.84. The maximum absolute atomic E-state index is 6.11. The van der Waals surface area contributed by atoms with E-state index in [0.717, 1.165) is 10.2 Å². The molecule has 0 aliphatic heterocycles. The summed E-state index contributed by atoms with van der Waals surface area (Å²) in [6.45, 7) is 6.58. The largest absolute Gasteiger partial charge is 0.398 e. The van der Waals surface area contributed by atoms with Crippen LogP contribution in [0.1, 0.15) is 26.3 Å². The van der Waals surface area contributed by atoms with Crippen molar-refractivity contribution in [2.24, 2.45) is 0 Å². The van der Waals surface area contributed by atoms with Crippen LogP contribution in [0.15, 0.2) is 34.8 Å². The Labute approximate surface area is 105 Å². The van der Waals surface area contributed by atoms with Crippen molar-refractivity contribution in [3.05, 3.63) is 40.4 Å². The molecule has 0 atom stereocenters. The lowest BCUT2D eigenvalue weighted by Crippen LogP contribution is -2.14. The van der Waals surface area contributed by atoms with Gasteiger partial charge in [0.15, 0.2) is 0 Å². The Hall–Kier alpha value is -1.02. The van der Waals surface area contributed by atoms with E-state index in [1.54, 1.807) is 0 Å². The molecule has 2 aromatic rings. The van der Waals surface area contributed by atoms with Crippen molar-refractivity contribution in [2.75, 3.05) is 5.73 Å². The molecule has 1 nitrogen and oxygen atoms in total. The standard InChI is InChI=1S/C14H16BrN/c1-14(2,3)13-11-8-10(15)6-4-9(11)5-7-12(13)16/h4-8H,16H2,1-3H3. The zero-order chi connectivity index (χ0) is 11.9. The third-order valence-electron chi connectivity index (χ3n) is 2.77. The van der Waals surface area contributed by atoms with E-state index in [4.69, 9.17) is 5.73 Å². The second-order valence-electron chi connectivity index (χ2n) is 5.15. The van der Waals surface area contributed by atoms with Gasteiger partial charge in [-0.15, -0.1) is 0 Å². The van der Waals surface area contributed by atoms with E-state index >= 15 is 0 Å². The molecular formula is C14H16BrN. The molecular weight excluding hydrogens is 262 g/mol. The van der Waals surface area contributed by atoms with Crippen molar-refractivity contribution in [1.29, 1.82) is 0 Å². The highest BCUT2D eigenvalue weighted by Crippen LogP contribution is 2.35. The van der Waals surface area contributed by atoms with Crippen LogP contribution in [0.3, 0.4) is 0 Å². The van der Waals surface area contributed by atoms with E-state index in [-0.39, 0.29) is 5.41 Å². The maximum Gasteiger partial charge on any atom is 0.0358 e. The lowest BCUT2D eigenvalue weighted by molar-refractivity contribution is 0.598. The summed E-state index contributed by atoms with van der Waals surface area (Å²) in [4.78, 5) is 0. The van der Waals surface area contributed by atoms with Gasteiger partial charge in [-0.25, -0.2) is 0 Å². The van der Waals surface area contributed by atoms with Crippen LogP contribution in [0.2, 0.25) is 0 Å². The highest BCUT2D eigenvalue weighted by Gasteiger charge is 2.19. The summed E-state index contributed by atoms with van der Waals surface area (Å²) >= 11 is 3.52. The fraction of sp³-hybridized carbons (Fsp3) is 0.286. The topological polar surface area (TPSA) is 26.0 Å². The van der Waals surface area contributed by atoms with Crippen molar-refractivity contribution in [2.45, 2.75) is 26.2 Å². The van der Waals surface area contributed by atoms with E-state index < -0.39 is 0 Å². The summed E-state index contributed by atoms with van der Waals surface area (Å²) in [6, 6.07) is 10.4. The first-order valence-corrected chi connectivity index (χ1v) is 6.17. The van der Waals surface area contributed by atoms with E-state index in [2.05, 4.69) is 61.0 Å². The van der Waals surface area contributed by atoms with Gasteiger partial charge in [0.2, 0.25) is 0 Å². The summed E-state index contributed by atoms with van der Waals surface area (Å²) in [5, 5.41) is 2.48. The van der Waals surface area contributed by atoms with Gasteiger partial charge < -0.3 is 5.73 Å². The molecule has 84 valence electrons. The van der Waals surface area contributed by atoms with E-state index in [0.29, 0.717) is 0 Å². The van der Waals surface area contributed by atoms with Crippen molar-refractivity contribution in [3.8, 4) is 0 Å². The molecule has 0 aliphatic carbocycles. The Morgan fingerprint density at radius 1 is 1.06 bits per heavy atom. The molecule has 0 aliphatic rings. The number of anilines is 1. The average molecular weight is 278 g/mol. The molecule has 0 saturated heterocycles. The van der Waals surface area contributed by atoms with Gasteiger partial charge in [-0.3, -0.25) is 0 Å². The first-order chi connectivity index (χ1) is 7.39. The molecule has 0 amide bonds. The second kappa shape index (κ2) is 3.77. The Morgan fingerprint density at radius 2 is 1.69 bits per heavy atom. The van der Waals surface area contributed by atoms with E-state index in [9.17, 15) is 0 Å². The van der Waals surface area contributed by atoms with Crippen LogP contribution >= 0.6 is 15.9 Å². The highest BCUT2D eigenvalue weighted by molar-refractivity contribution is 9.10. The molecule has 0 aromatic heterocycles. The van der Waals surface area contributed by atoms with E-state index in [1.807, 2.05) is 6.07 Å². The first kappa shape index (κ1) is 11.5. The average Bonchev–Trinajstić information content (AvgIpc) is 2.14. The van der Waals surface area contributed by atoms with Gasteiger partial charge >= 0.3 is 0 Å². The molecule has 2 heteroatoms. The number of fused-ring (bicyclic) bond motifs is 1. The third-order valence-corrected chi connectivity index (χ3v) is 3.26. The summed E-state index contributed by atoms with van der Waals surface area (Å²) in [7, 11) is 0. The SMILES string of the molecule is CC(C)(C)c1c(N)ccc2ccc(Br)cc12. The molecule has 0 saturated carbocycles. The number of rotatable bonds is 0. The molecule has 2 aromatic carbocycles. The summed E-state index contributed by atoms with van der Waals surface area (Å²) in [5.74, 6) is 0. The molecule has 0 bridgehead atoms. The van der Waals surface area contributed by atoms with Crippen LogP contribution in [0.25, 0.3) is 10.8 Å². The molecule has 16 heavy (non-hydrogen) atoms. The molecule has 2 rings (SSSR count). The predicted molar refractivity (Wildman–Crippen MR) is 74.8 cm³/mol. The van der Waals surface area contributed by atoms with Gasteiger partial charge in [-0.1, -0.05) is 48.8 Å². The molecule has 0 spiro atoms. The Morgan fingerprint density at radius 3 is 2.31 bits per heavy atom. The van der Waals surface area contributed by atoms with Crippen molar-refractivity contribution < 1.29 is 0 Å². The Balaban J connectivity index is 2.88. The maximum atomic E-state index is 6.11.